The van der Waals surface area contributed by atoms with E-state index in [-0.39, 0.29) is 17.9 Å². The second kappa shape index (κ2) is 11.6. The molecule has 1 heterocycles. The molecule has 204 valence electrons. The first-order valence-electron chi connectivity index (χ1n) is 12.1. The smallest absolute Gasteiger partial charge is 0.408 e. The Morgan fingerprint density at radius 2 is 1.82 bits per heavy atom. The summed E-state index contributed by atoms with van der Waals surface area (Å²) < 4.78 is 26.0. The van der Waals surface area contributed by atoms with Gasteiger partial charge in [0.15, 0.2) is 5.84 Å². The van der Waals surface area contributed by atoms with Gasteiger partial charge in [0.2, 0.25) is 0 Å². The number of rotatable bonds is 6. The largest absolute Gasteiger partial charge is 0.457 e. The highest BCUT2D eigenvalue weighted by Gasteiger charge is 2.34. The van der Waals surface area contributed by atoms with E-state index in [1.54, 1.807) is 32.9 Å². The zero-order chi connectivity index (χ0) is 28.2. The van der Waals surface area contributed by atoms with Crippen molar-refractivity contribution in [3.63, 3.8) is 0 Å². The van der Waals surface area contributed by atoms with E-state index in [0.717, 1.165) is 5.56 Å². The molecule has 4 N–H and O–H groups in total. The number of thioether (sulfide) groups is 1. The molecule has 3 aromatic carbocycles. The number of fused-ring (bicyclic) bond motifs is 1. The number of oxime groups is 1. The summed E-state index contributed by atoms with van der Waals surface area (Å²) in [6, 6.07) is 18.2. The molecule has 2 amide bonds. The SMILES string of the molecule is CC(C)(C)OC(=O)N[C@H]1CSc2cc(F)c(/C(N)=N/O)cc2N(Cc2ccc(Oc3ccccc3)cc2)C1=O. The molecule has 0 aliphatic carbocycles. The molecule has 4 rings (SSSR count). The van der Waals surface area contributed by atoms with Gasteiger partial charge in [-0.15, -0.1) is 11.8 Å². The molecular formula is C28H29FN4O5S. The monoisotopic (exact) mass is 552 g/mol. The molecule has 11 heteroatoms. The van der Waals surface area contributed by atoms with Crippen molar-refractivity contribution < 1.29 is 28.7 Å². The first kappa shape index (κ1) is 27.8. The second-order valence-corrected chi connectivity index (χ2v) is 10.8. The van der Waals surface area contributed by atoms with Gasteiger partial charge in [0.05, 0.1) is 17.8 Å². The van der Waals surface area contributed by atoms with Crippen LogP contribution in [-0.4, -0.2) is 40.4 Å². The molecule has 0 spiro atoms. The Morgan fingerprint density at radius 3 is 2.46 bits per heavy atom. The van der Waals surface area contributed by atoms with E-state index in [1.165, 1.54) is 28.8 Å². The van der Waals surface area contributed by atoms with Crippen LogP contribution in [0.25, 0.3) is 0 Å². The first-order valence-corrected chi connectivity index (χ1v) is 13.1. The molecular weight excluding hydrogens is 523 g/mol. The summed E-state index contributed by atoms with van der Waals surface area (Å²) in [6.07, 6.45) is -0.738. The second-order valence-electron chi connectivity index (χ2n) is 9.78. The molecule has 0 fully saturated rings. The number of ether oxygens (including phenoxy) is 2. The quantitative estimate of drug-likeness (QED) is 0.165. The van der Waals surface area contributed by atoms with Gasteiger partial charge in [0.1, 0.15) is 29.0 Å². The van der Waals surface area contributed by atoms with Gasteiger partial charge in [-0.25, -0.2) is 9.18 Å². The third-order valence-electron chi connectivity index (χ3n) is 5.63. The lowest BCUT2D eigenvalue weighted by atomic mass is 10.1. The van der Waals surface area contributed by atoms with E-state index in [2.05, 4.69) is 10.5 Å². The lowest BCUT2D eigenvalue weighted by Gasteiger charge is -2.27. The van der Waals surface area contributed by atoms with Crippen LogP contribution in [0.1, 0.15) is 31.9 Å². The summed E-state index contributed by atoms with van der Waals surface area (Å²) >= 11 is 1.21. The van der Waals surface area contributed by atoms with Crippen LogP contribution in [0, 0.1) is 5.82 Å². The molecule has 3 aromatic rings. The summed E-state index contributed by atoms with van der Waals surface area (Å²) in [6.45, 7) is 5.27. The number of amidine groups is 1. The van der Waals surface area contributed by atoms with Crippen molar-refractivity contribution in [1.82, 2.24) is 5.32 Å². The lowest BCUT2D eigenvalue weighted by molar-refractivity contribution is -0.120. The van der Waals surface area contributed by atoms with Gasteiger partial charge in [-0.3, -0.25) is 4.79 Å². The Morgan fingerprint density at radius 1 is 1.15 bits per heavy atom. The summed E-state index contributed by atoms with van der Waals surface area (Å²) in [5, 5.41) is 14.7. The number of para-hydroxylation sites is 1. The topological polar surface area (TPSA) is 126 Å². The molecule has 1 aliphatic rings. The highest BCUT2D eigenvalue weighted by atomic mass is 32.2. The molecule has 1 aliphatic heterocycles. The molecule has 0 saturated heterocycles. The van der Waals surface area contributed by atoms with E-state index in [4.69, 9.17) is 20.4 Å². The number of amides is 2. The predicted molar refractivity (Wildman–Crippen MR) is 147 cm³/mol. The zero-order valence-electron chi connectivity index (χ0n) is 21.7. The average Bonchev–Trinajstić information content (AvgIpc) is 3.00. The van der Waals surface area contributed by atoms with Gasteiger partial charge in [0.25, 0.3) is 5.91 Å². The number of nitrogens with zero attached hydrogens (tertiary/aromatic N) is 2. The van der Waals surface area contributed by atoms with Gasteiger partial charge in [-0.2, -0.15) is 0 Å². The maximum Gasteiger partial charge on any atom is 0.408 e. The standard InChI is InChI=1S/C28H29FN4O5S/c1-28(2,3)38-27(35)31-22-16-39-24-14-21(29)20(25(30)32-36)13-23(24)33(26(22)34)15-17-9-11-19(12-10-17)37-18-7-5-4-6-8-18/h4-14,22,36H,15-16H2,1-3H3,(H2,30,32)(H,31,35)/t22-/m0/s1. The van der Waals surface area contributed by atoms with E-state index < -0.39 is 35.3 Å². The number of benzene rings is 3. The molecule has 0 bridgehead atoms. The highest BCUT2D eigenvalue weighted by Crippen LogP contribution is 2.37. The van der Waals surface area contributed by atoms with Crippen LogP contribution in [0.2, 0.25) is 0 Å². The Bertz CT molecular complexity index is 1380. The maximum atomic E-state index is 14.8. The fourth-order valence-electron chi connectivity index (χ4n) is 3.86. The van der Waals surface area contributed by atoms with Crippen molar-refractivity contribution >= 4 is 35.3 Å². The van der Waals surface area contributed by atoms with Crippen LogP contribution >= 0.6 is 11.8 Å². The zero-order valence-corrected chi connectivity index (χ0v) is 22.5. The van der Waals surface area contributed by atoms with E-state index in [9.17, 15) is 14.0 Å². The van der Waals surface area contributed by atoms with Gasteiger partial charge in [-0.1, -0.05) is 35.5 Å². The number of nitrogens with one attached hydrogen (secondary N) is 1. The van der Waals surface area contributed by atoms with Crippen molar-refractivity contribution in [3.8, 4) is 11.5 Å². The van der Waals surface area contributed by atoms with Crippen molar-refractivity contribution in [2.45, 2.75) is 43.9 Å². The molecule has 39 heavy (non-hydrogen) atoms. The number of anilines is 1. The number of halogens is 1. The molecule has 0 unspecified atom stereocenters. The maximum absolute atomic E-state index is 14.8. The van der Waals surface area contributed by atoms with Gasteiger partial charge in [0, 0.05) is 10.6 Å². The van der Waals surface area contributed by atoms with Crippen molar-refractivity contribution in [1.29, 1.82) is 0 Å². The van der Waals surface area contributed by atoms with Gasteiger partial charge >= 0.3 is 6.09 Å². The van der Waals surface area contributed by atoms with Crippen LogP contribution in [0.5, 0.6) is 11.5 Å². The van der Waals surface area contributed by atoms with Crippen LogP contribution < -0.4 is 20.7 Å². The Hall–Kier alpha value is -4.25. The van der Waals surface area contributed by atoms with Crippen molar-refractivity contribution in [2.75, 3.05) is 10.7 Å². The lowest BCUT2D eigenvalue weighted by Crippen LogP contribution is -2.50. The summed E-state index contributed by atoms with van der Waals surface area (Å²) in [5.74, 6) is -0.105. The molecule has 0 saturated carbocycles. The number of hydrogen-bond acceptors (Lipinski definition) is 7. The summed E-state index contributed by atoms with van der Waals surface area (Å²) in [5.41, 5.74) is 5.91. The number of alkyl carbamates (subject to hydrolysis) is 1. The minimum absolute atomic E-state index is 0.103. The third-order valence-corrected chi connectivity index (χ3v) is 6.76. The van der Waals surface area contributed by atoms with E-state index in [1.807, 2.05) is 42.5 Å². The van der Waals surface area contributed by atoms with Crippen LogP contribution in [0.4, 0.5) is 14.9 Å². The molecule has 1 atom stereocenters. The fourth-order valence-corrected chi connectivity index (χ4v) is 4.93. The van der Waals surface area contributed by atoms with Gasteiger partial charge < -0.3 is 30.6 Å². The molecule has 0 aromatic heterocycles. The Kier molecular flexibility index (Phi) is 8.29. The van der Waals surface area contributed by atoms with Crippen molar-refractivity contribution in [2.24, 2.45) is 10.9 Å². The normalized spacial score (nSPS) is 15.8. The summed E-state index contributed by atoms with van der Waals surface area (Å²) in [4.78, 5) is 28.2. The van der Waals surface area contributed by atoms with E-state index in [0.29, 0.717) is 22.1 Å². The van der Waals surface area contributed by atoms with Gasteiger partial charge in [-0.05, 0) is 62.7 Å². The number of carbonyl (C=O) groups is 2. The number of nitrogens with two attached hydrogens (primary N) is 1. The highest BCUT2D eigenvalue weighted by molar-refractivity contribution is 7.99. The summed E-state index contributed by atoms with van der Waals surface area (Å²) in [7, 11) is 0. The fraction of sp³-hybridized carbons (Fsp3) is 0.250. The van der Waals surface area contributed by atoms with Crippen molar-refractivity contribution in [3.05, 3.63) is 83.7 Å². The first-order chi connectivity index (χ1) is 18.5. The molecule has 9 nitrogen and oxygen atoms in total. The Balaban J connectivity index is 1.65. The predicted octanol–water partition coefficient (Wildman–Crippen LogP) is 5.24. The average molecular weight is 553 g/mol. The minimum Gasteiger partial charge on any atom is -0.457 e. The number of carbonyl (C=O) groups excluding carboxylic acids is 2. The minimum atomic E-state index is -0.951. The third kappa shape index (κ3) is 6.99. The number of hydrogen-bond donors (Lipinski definition) is 3. The van der Waals surface area contributed by atoms with Crippen LogP contribution in [-0.2, 0) is 16.1 Å². The van der Waals surface area contributed by atoms with Crippen LogP contribution in [0.15, 0.2) is 76.8 Å². The Labute approximate surface area is 229 Å². The van der Waals surface area contributed by atoms with Crippen LogP contribution in [0.3, 0.4) is 0 Å². The van der Waals surface area contributed by atoms with E-state index >= 15 is 0 Å². The molecule has 0 radical (unpaired) electrons.